The molecule has 1 fully saturated rings. The molecule has 0 saturated carbocycles. The number of nitrogens with one attached hydrogen (secondary N) is 2. The molecular weight excluding hydrogens is 166 g/mol. The van der Waals surface area contributed by atoms with Gasteiger partial charge in [-0.15, -0.1) is 0 Å². The van der Waals surface area contributed by atoms with Gasteiger partial charge < -0.3 is 0 Å². The third-order valence-corrected chi connectivity index (χ3v) is 2.07. The Morgan fingerprint density at radius 1 is 1.15 bits per heavy atom. The summed E-state index contributed by atoms with van der Waals surface area (Å²) in [5, 5.41) is 17.2. The van der Waals surface area contributed by atoms with Crippen LogP contribution in [-0.4, -0.2) is 24.6 Å². The lowest BCUT2D eigenvalue weighted by molar-refractivity contribution is 0.197. The number of hydrogen-bond acceptors (Lipinski definition) is 4. The van der Waals surface area contributed by atoms with E-state index in [0.717, 1.165) is 18.8 Å². The third kappa shape index (κ3) is 1.80. The van der Waals surface area contributed by atoms with Crippen molar-refractivity contribution in [1.29, 1.82) is 0 Å². The van der Waals surface area contributed by atoms with Gasteiger partial charge in [0.25, 0.3) is 0 Å². The van der Waals surface area contributed by atoms with Gasteiger partial charge in [-0.1, -0.05) is 18.2 Å². The molecule has 0 unspecified atom stereocenters. The van der Waals surface area contributed by atoms with E-state index in [-0.39, 0.29) is 6.29 Å². The monoisotopic (exact) mass is 179 g/mol. The lowest BCUT2D eigenvalue weighted by Gasteiger charge is -2.23. The van der Waals surface area contributed by atoms with Gasteiger partial charge >= 0.3 is 0 Å². The number of benzene rings is 1. The largest absolute Gasteiger partial charge is 0.286 e. The summed E-state index contributed by atoms with van der Waals surface area (Å²) in [5.74, 6) is 0. The summed E-state index contributed by atoms with van der Waals surface area (Å²) in [6.45, 7) is 1.77. The average Bonchev–Trinajstić information content (AvgIpc) is 2.71. The molecule has 70 valence electrons. The van der Waals surface area contributed by atoms with Gasteiger partial charge in [0.2, 0.25) is 0 Å². The lowest BCUT2D eigenvalue weighted by atomic mass is 10.3. The molecule has 3 N–H and O–H groups in total. The van der Waals surface area contributed by atoms with Crippen LogP contribution in [0.4, 0.5) is 5.69 Å². The molecule has 0 radical (unpaired) electrons. The van der Waals surface area contributed by atoms with Gasteiger partial charge in [-0.3, -0.25) is 15.8 Å². The zero-order valence-electron chi connectivity index (χ0n) is 7.27. The highest BCUT2D eigenvalue weighted by Crippen LogP contribution is 2.12. The Morgan fingerprint density at radius 3 is 2.38 bits per heavy atom. The molecule has 0 bridgehead atoms. The highest BCUT2D eigenvalue weighted by molar-refractivity contribution is 5.43. The van der Waals surface area contributed by atoms with Crippen molar-refractivity contribution in [2.45, 2.75) is 6.29 Å². The molecule has 1 aromatic rings. The second-order valence-corrected chi connectivity index (χ2v) is 2.99. The number of rotatable bonds is 2. The molecule has 0 aromatic heterocycles. The quantitative estimate of drug-likeness (QED) is 0.574. The van der Waals surface area contributed by atoms with E-state index in [9.17, 15) is 5.21 Å². The van der Waals surface area contributed by atoms with Crippen molar-refractivity contribution in [2.75, 3.05) is 18.2 Å². The van der Waals surface area contributed by atoms with Crippen molar-refractivity contribution in [3.05, 3.63) is 30.3 Å². The number of hydroxylamine groups is 1. The lowest BCUT2D eigenvalue weighted by Crippen LogP contribution is -2.46. The standard InChI is InChI=1S/C9H13N3O/c13-12(9-10-6-7-11-9)8-4-2-1-3-5-8/h1-5,9-11,13H,6-7H2. The minimum atomic E-state index is -0.164. The summed E-state index contributed by atoms with van der Waals surface area (Å²) in [4.78, 5) is 0. The zero-order valence-corrected chi connectivity index (χ0v) is 7.27. The third-order valence-electron chi connectivity index (χ3n) is 2.07. The Bertz CT molecular complexity index is 259. The number of anilines is 1. The predicted molar refractivity (Wildman–Crippen MR) is 50.5 cm³/mol. The maximum absolute atomic E-state index is 9.73. The molecule has 2 rings (SSSR count). The van der Waals surface area contributed by atoms with Crippen LogP contribution in [0.2, 0.25) is 0 Å². The SMILES string of the molecule is ON(c1ccccc1)C1NCCN1. The van der Waals surface area contributed by atoms with E-state index in [1.54, 1.807) is 0 Å². The fourth-order valence-corrected chi connectivity index (χ4v) is 1.39. The van der Waals surface area contributed by atoms with Crippen LogP contribution in [0, 0.1) is 0 Å². The van der Waals surface area contributed by atoms with E-state index < -0.39 is 0 Å². The fraction of sp³-hybridized carbons (Fsp3) is 0.333. The second kappa shape index (κ2) is 3.74. The van der Waals surface area contributed by atoms with Crippen LogP contribution in [0.1, 0.15) is 0 Å². The summed E-state index contributed by atoms with van der Waals surface area (Å²) in [6, 6.07) is 9.44. The molecule has 1 aromatic carbocycles. The summed E-state index contributed by atoms with van der Waals surface area (Å²) in [6.07, 6.45) is -0.164. The first-order chi connectivity index (χ1) is 6.38. The number of nitrogens with zero attached hydrogens (tertiary/aromatic N) is 1. The van der Waals surface area contributed by atoms with Crippen molar-refractivity contribution in [2.24, 2.45) is 0 Å². The average molecular weight is 179 g/mol. The second-order valence-electron chi connectivity index (χ2n) is 2.99. The minimum Gasteiger partial charge on any atom is -0.286 e. The molecule has 0 aliphatic carbocycles. The van der Waals surface area contributed by atoms with Crippen LogP contribution in [0.5, 0.6) is 0 Å². The van der Waals surface area contributed by atoms with E-state index >= 15 is 0 Å². The highest BCUT2D eigenvalue weighted by Gasteiger charge is 2.19. The Balaban J connectivity index is 2.08. The van der Waals surface area contributed by atoms with Crippen molar-refractivity contribution in [3.63, 3.8) is 0 Å². The molecule has 1 aliphatic rings. The van der Waals surface area contributed by atoms with E-state index in [2.05, 4.69) is 10.6 Å². The van der Waals surface area contributed by atoms with Crippen LogP contribution < -0.4 is 15.7 Å². The molecule has 0 atom stereocenters. The Morgan fingerprint density at radius 2 is 1.77 bits per heavy atom. The Labute approximate surface area is 77.1 Å². The number of hydrogen-bond donors (Lipinski definition) is 3. The van der Waals surface area contributed by atoms with Crippen molar-refractivity contribution in [3.8, 4) is 0 Å². The van der Waals surface area contributed by atoms with Crippen LogP contribution in [-0.2, 0) is 0 Å². The van der Waals surface area contributed by atoms with Gasteiger partial charge in [0, 0.05) is 13.1 Å². The first-order valence-corrected chi connectivity index (χ1v) is 4.38. The smallest absolute Gasteiger partial charge is 0.159 e. The van der Waals surface area contributed by atoms with E-state index in [1.165, 1.54) is 5.06 Å². The molecule has 0 spiro atoms. The molecule has 1 heterocycles. The van der Waals surface area contributed by atoms with Gasteiger partial charge in [-0.25, -0.2) is 5.06 Å². The van der Waals surface area contributed by atoms with Gasteiger partial charge in [-0.2, -0.15) is 0 Å². The normalized spacial score (nSPS) is 17.6. The summed E-state index contributed by atoms with van der Waals surface area (Å²) >= 11 is 0. The first kappa shape index (κ1) is 8.50. The molecule has 1 aliphatic heterocycles. The molecule has 4 nitrogen and oxygen atoms in total. The summed E-state index contributed by atoms with van der Waals surface area (Å²) < 4.78 is 0. The Kier molecular flexibility index (Phi) is 2.44. The fourth-order valence-electron chi connectivity index (χ4n) is 1.39. The highest BCUT2D eigenvalue weighted by atomic mass is 16.5. The van der Waals surface area contributed by atoms with Crippen LogP contribution in [0.15, 0.2) is 30.3 Å². The maximum Gasteiger partial charge on any atom is 0.159 e. The molecule has 0 amide bonds. The van der Waals surface area contributed by atoms with Crippen LogP contribution in [0.3, 0.4) is 0 Å². The van der Waals surface area contributed by atoms with Crippen molar-refractivity contribution >= 4 is 5.69 Å². The molecule has 4 heteroatoms. The predicted octanol–water partition coefficient (Wildman–Crippen LogP) is 0.359. The van der Waals surface area contributed by atoms with Crippen molar-refractivity contribution < 1.29 is 5.21 Å². The maximum atomic E-state index is 9.73. The van der Waals surface area contributed by atoms with E-state index in [0.29, 0.717) is 0 Å². The van der Waals surface area contributed by atoms with Crippen LogP contribution in [0.25, 0.3) is 0 Å². The molecular formula is C9H13N3O. The number of para-hydroxylation sites is 1. The molecule has 1 saturated heterocycles. The van der Waals surface area contributed by atoms with E-state index in [1.807, 2.05) is 30.3 Å². The van der Waals surface area contributed by atoms with Gasteiger partial charge in [0.05, 0.1) is 5.69 Å². The summed E-state index contributed by atoms with van der Waals surface area (Å²) in [5.41, 5.74) is 0.786. The van der Waals surface area contributed by atoms with Crippen molar-refractivity contribution in [1.82, 2.24) is 10.6 Å². The summed E-state index contributed by atoms with van der Waals surface area (Å²) in [7, 11) is 0. The van der Waals surface area contributed by atoms with Crippen LogP contribution >= 0.6 is 0 Å². The van der Waals surface area contributed by atoms with Gasteiger partial charge in [0.1, 0.15) is 0 Å². The van der Waals surface area contributed by atoms with E-state index in [4.69, 9.17) is 0 Å². The van der Waals surface area contributed by atoms with Gasteiger partial charge in [0.15, 0.2) is 6.29 Å². The first-order valence-electron chi connectivity index (χ1n) is 4.38. The zero-order chi connectivity index (χ0) is 9.10. The minimum absolute atomic E-state index is 0.164. The topological polar surface area (TPSA) is 47.5 Å². The Hall–Kier alpha value is -1.10. The molecule has 13 heavy (non-hydrogen) atoms. The van der Waals surface area contributed by atoms with Gasteiger partial charge in [-0.05, 0) is 12.1 Å².